The van der Waals surface area contributed by atoms with Crippen LogP contribution in [0.3, 0.4) is 0 Å². The van der Waals surface area contributed by atoms with Gasteiger partial charge >= 0.3 is 0 Å². The fraction of sp³-hybridized carbons (Fsp3) is 0.118. The number of fused-ring (bicyclic) bond motifs is 5. The zero-order valence-electron chi connectivity index (χ0n) is 19.0. The molecule has 7 aromatic carbocycles. The van der Waals surface area contributed by atoms with E-state index < -0.39 is 0 Å². The van der Waals surface area contributed by atoms with Crippen molar-refractivity contribution < 1.29 is 0 Å². The van der Waals surface area contributed by atoms with Crippen molar-refractivity contribution in [2.45, 2.75) is 25.2 Å². The minimum Gasteiger partial charge on any atom is -0.0616 e. The van der Waals surface area contributed by atoms with Crippen molar-refractivity contribution in [3.05, 3.63) is 120 Å². The fourth-order valence-electron chi connectivity index (χ4n) is 6.75. The molecule has 1 aliphatic carbocycles. The molecule has 0 radical (unpaired) electrons. The molecule has 160 valence electrons. The van der Waals surface area contributed by atoms with Crippen molar-refractivity contribution in [1.82, 2.24) is 0 Å². The summed E-state index contributed by atoms with van der Waals surface area (Å²) < 4.78 is 0. The molecule has 0 N–H and O–H groups in total. The van der Waals surface area contributed by atoms with Crippen molar-refractivity contribution >= 4 is 53.9 Å². The summed E-state index contributed by atoms with van der Waals surface area (Å²) in [7, 11) is 0. The van der Waals surface area contributed by atoms with Crippen LogP contribution in [0.25, 0.3) is 53.9 Å². The highest BCUT2D eigenvalue weighted by atomic mass is 14.3. The number of hydrogen-bond donors (Lipinski definition) is 0. The first kappa shape index (κ1) is 18.5. The molecular weight excluding hydrogens is 408 g/mol. The molecule has 34 heavy (non-hydrogen) atoms. The fourth-order valence-corrected chi connectivity index (χ4v) is 6.75. The summed E-state index contributed by atoms with van der Waals surface area (Å²) in [6.45, 7) is 0. The third kappa shape index (κ3) is 2.49. The molecule has 1 unspecified atom stereocenters. The normalized spacial score (nSPS) is 16.2. The largest absolute Gasteiger partial charge is 0.0616 e. The van der Waals surface area contributed by atoms with E-state index >= 15 is 0 Å². The SMILES string of the molecule is c1ccc2c(c1)ccc1c3c(ccc12)CC(c1ccc2ccc4cccc5ccc1c2c45)CC3. The minimum atomic E-state index is 0.565. The first-order valence-electron chi connectivity index (χ1n) is 12.4. The average Bonchev–Trinajstić information content (AvgIpc) is 2.91. The van der Waals surface area contributed by atoms with E-state index in [4.69, 9.17) is 0 Å². The van der Waals surface area contributed by atoms with Gasteiger partial charge in [-0.25, -0.2) is 0 Å². The summed E-state index contributed by atoms with van der Waals surface area (Å²) >= 11 is 0. The van der Waals surface area contributed by atoms with Crippen LogP contribution >= 0.6 is 0 Å². The second-order valence-corrected chi connectivity index (χ2v) is 10.0. The number of aryl methyl sites for hydroxylation is 1. The standard InChI is InChI=1S/C34H24/c1-2-7-27-21(4-1)10-17-31-28-16-13-26(20-25(28)14-18-30(27)31)29-15-11-24-9-8-22-5-3-6-23-12-19-32(29)34(24)33(22)23/h1-12,14-15,17-19,26H,13,16,20H2. The molecule has 0 nitrogen and oxygen atoms in total. The Morgan fingerprint density at radius 3 is 2.06 bits per heavy atom. The van der Waals surface area contributed by atoms with E-state index in [0.29, 0.717) is 5.92 Å². The lowest BCUT2D eigenvalue weighted by Crippen LogP contribution is -2.13. The first-order chi connectivity index (χ1) is 16.8. The predicted octanol–water partition coefficient (Wildman–Crippen LogP) is 9.16. The maximum atomic E-state index is 2.41. The van der Waals surface area contributed by atoms with Crippen LogP contribution in [-0.4, -0.2) is 0 Å². The van der Waals surface area contributed by atoms with Gasteiger partial charge in [0.25, 0.3) is 0 Å². The van der Waals surface area contributed by atoms with Gasteiger partial charge in [-0.2, -0.15) is 0 Å². The Morgan fingerprint density at radius 1 is 0.471 bits per heavy atom. The molecule has 8 rings (SSSR count). The number of hydrogen-bond acceptors (Lipinski definition) is 0. The molecule has 0 heterocycles. The molecule has 0 heteroatoms. The molecule has 1 aliphatic rings. The zero-order chi connectivity index (χ0) is 22.2. The van der Waals surface area contributed by atoms with E-state index in [1.807, 2.05) is 0 Å². The molecule has 7 aromatic rings. The van der Waals surface area contributed by atoms with Crippen molar-refractivity contribution in [3.63, 3.8) is 0 Å². The van der Waals surface area contributed by atoms with Gasteiger partial charge in [-0.05, 0) is 95.7 Å². The Kier molecular flexibility index (Phi) is 3.71. The maximum Gasteiger partial charge on any atom is -0.00239 e. The van der Waals surface area contributed by atoms with Crippen molar-refractivity contribution in [1.29, 1.82) is 0 Å². The van der Waals surface area contributed by atoms with E-state index in [0.717, 1.165) is 12.8 Å². The van der Waals surface area contributed by atoms with Crippen molar-refractivity contribution in [2.75, 3.05) is 0 Å². The van der Waals surface area contributed by atoms with Gasteiger partial charge < -0.3 is 0 Å². The van der Waals surface area contributed by atoms with E-state index in [1.165, 1.54) is 71.4 Å². The van der Waals surface area contributed by atoms with Crippen LogP contribution in [0.2, 0.25) is 0 Å². The molecule has 0 saturated heterocycles. The van der Waals surface area contributed by atoms with Gasteiger partial charge in [0.2, 0.25) is 0 Å². The van der Waals surface area contributed by atoms with E-state index in [2.05, 4.69) is 103 Å². The summed E-state index contributed by atoms with van der Waals surface area (Å²) in [5, 5.41) is 13.9. The van der Waals surface area contributed by atoms with Crippen LogP contribution in [0, 0.1) is 0 Å². The van der Waals surface area contributed by atoms with Crippen LogP contribution in [-0.2, 0) is 12.8 Å². The second kappa shape index (κ2) is 6.81. The molecular formula is C34H24. The third-order valence-electron chi connectivity index (χ3n) is 8.35. The monoisotopic (exact) mass is 432 g/mol. The molecule has 1 atom stereocenters. The first-order valence-corrected chi connectivity index (χ1v) is 12.4. The Morgan fingerprint density at radius 2 is 1.15 bits per heavy atom. The molecule has 0 amide bonds. The van der Waals surface area contributed by atoms with Crippen LogP contribution in [0.15, 0.2) is 103 Å². The van der Waals surface area contributed by atoms with E-state index in [9.17, 15) is 0 Å². The van der Waals surface area contributed by atoms with Crippen LogP contribution in [0.1, 0.15) is 29.0 Å². The molecule has 0 aromatic heterocycles. The van der Waals surface area contributed by atoms with Crippen LogP contribution in [0.5, 0.6) is 0 Å². The molecule has 0 aliphatic heterocycles. The van der Waals surface area contributed by atoms with Gasteiger partial charge in [0.1, 0.15) is 0 Å². The summed E-state index contributed by atoms with van der Waals surface area (Å²) in [4.78, 5) is 0. The lowest BCUT2D eigenvalue weighted by molar-refractivity contribution is 0.591. The van der Waals surface area contributed by atoms with E-state index in [-0.39, 0.29) is 0 Å². The summed E-state index contributed by atoms with van der Waals surface area (Å²) in [5.74, 6) is 0.565. The molecule has 0 spiro atoms. The van der Waals surface area contributed by atoms with Gasteiger partial charge in [-0.15, -0.1) is 0 Å². The molecule has 0 fully saturated rings. The Labute approximate surface area is 198 Å². The molecule has 0 saturated carbocycles. The van der Waals surface area contributed by atoms with Gasteiger partial charge in [-0.3, -0.25) is 0 Å². The topological polar surface area (TPSA) is 0 Å². The summed E-state index contributed by atoms with van der Waals surface area (Å²) in [6.07, 6.45) is 3.49. The maximum absolute atomic E-state index is 2.41. The van der Waals surface area contributed by atoms with Gasteiger partial charge in [-0.1, -0.05) is 103 Å². The molecule has 0 bridgehead atoms. The van der Waals surface area contributed by atoms with Crippen molar-refractivity contribution in [3.8, 4) is 0 Å². The lowest BCUT2D eigenvalue weighted by Gasteiger charge is -2.28. The lowest BCUT2D eigenvalue weighted by atomic mass is 9.76. The van der Waals surface area contributed by atoms with E-state index in [1.54, 1.807) is 5.56 Å². The van der Waals surface area contributed by atoms with Crippen molar-refractivity contribution in [2.24, 2.45) is 0 Å². The third-order valence-corrected chi connectivity index (χ3v) is 8.35. The Hall–Kier alpha value is -3.90. The number of rotatable bonds is 1. The highest BCUT2D eigenvalue weighted by molar-refractivity contribution is 6.23. The summed E-state index contributed by atoms with van der Waals surface area (Å²) in [6, 6.07) is 38.9. The van der Waals surface area contributed by atoms with Gasteiger partial charge in [0.05, 0.1) is 0 Å². The highest BCUT2D eigenvalue weighted by Gasteiger charge is 2.24. The Balaban J connectivity index is 1.29. The smallest absolute Gasteiger partial charge is 0.00239 e. The second-order valence-electron chi connectivity index (χ2n) is 10.0. The van der Waals surface area contributed by atoms with Crippen LogP contribution in [0.4, 0.5) is 0 Å². The Bertz CT molecular complexity index is 1870. The minimum absolute atomic E-state index is 0.565. The summed E-state index contributed by atoms with van der Waals surface area (Å²) in [5.41, 5.74) is 4.62. The number of benzene rings is 7. The zero-order valence-corrected chi connectivity index (χ0v) is 19.0. The quantitative estimate of drug-likeness (QED) is 0.227. The van der Waals surface area contributed by atoms with Gasteiger partial charge in [0, 0.05) is 0 Å². The average molecular weight is 433 g/mol. The van der Waals surface area contributed by atoms with Crippen LogP contribution < -0.4 is 0 Å². The predicted molar refractivity (Wildman–Crippen MR) is 146 cm³/mol. The van der Waals surface area contributed by atoms with Gasteiger partial charge in [0.15, 0.2) is 0 Å². The highest BCUT2D eigenvalue weighted by Crippen LogP contribution is 2.43.